The van der Waals surface area contributed by atoms with Gasteiger partial charge >= 0.3 is 0 Å². The Morgan fingerprint density at radius 2 is 2.19 bits per heavy atom. The van der Waals surface area contributed by atoms with E-state index in [-0.39, 0.29) is 11.9 Å². The van der Waals surface area contributed by atoms with E-state index < -0.39 is 0 Å². The highest BCUT2D eigenvalue weighted by atomic mass is 79.9. The fraction of sp³-hybridized carbons (Fsp3) is 0.312. The summed E-state index contributed by atoms with van der Waals surface area (Å²) < 4.78 is 20.2. The average Bonchev–Trinajstić information content (AvgIpc) is 2.50. The lowest BCUT2D eigenvalue weighted by molar-refractivity contribution is 0.382. The van der Waals surface area contributed by atoms with Crippen LogP contribution in [0, 0.1) is 5.82 Å². The maximum absolute atomic E-state index is 14.0. The molecule has 1 aromatic carbocycles. The molecule has 1 atom stereocenters. The van der Waals surface area contributed by atoms with Crippen LogP contribution in [0.5, 0.6) is 5.88 Å². The predicted molar refractivity (Wildman–Crippen MR) is 85.0 cm³/mol. The number of ether oxygens (including phenoxy) is 1. The Labute approximate surface area is 132 Å². The standard InChI is InChI=1S/C16H18BrFN2O/c1-3-19-15(13-5-4-8-20-16(13)21-2)10-11-9-12(17)6-7-14(11)18/h4-9,15,19H,3,10H2,1-2H3. The van der Waals surface area contributed by atoms with Gasteiger partial charge in [-0.1, -0.05) is 28.9 Å². The lowest BCUT2D eigenvalue weighted by Crippen LogP contribution is -2.24. The van der Waals surface area contributed by atoms with Gasteiger partial charge in [0.1, 0.15) is 5.82 Å². The number of nitrogens with one attached hydrogen (secondary N) is 1. The van der Waals surface area contributed by atoms with Gasteiger partial charge in [-0.05, 0) is 42.8 Å². The number of hydrogen-bond donors (Lipinski definition) is 1. The molecule has 0 bridgehead atoms. The van der Waals surface area contributed by atoms with E-state index in [1.54, 1.807) is 19.4 Å². The highest BCUT2D eigenvalue weighted by Crippen LogP contribution is 2.27. The summed E-state index contributed by atoms with van der Waals surface area (Å²) in [6.07, 6.45) is 2.21. The fourth-order valence-corrected chi connectivity index (χ4v) is 2.71. The summed E-state index contributed by atoms with van der Waals surface area (Å²) in [5.74, 6) is 0.364. The second kappa shape index (κ2) is 7.52. The molecule has 0 aliphatic heterocycles. The minimum atomic E-state index is -0.205. The van der Waals surface area contributed by atoms with Gasteiger partial charge in [-0.25, -0.2) is 9.37 Å². The lowest BCUT2D eigenvalue weighted by atomic mass is 9.99. The number of nitrogens with zero attached hydrogens (tertiary/aromatic N) is 1. The van der Waals surface area contributed by atoms with Crippen LogP contribution in [-0.2, 0) is 6.42 Å². The number of hydrogen-bond acceptors (Lipinski definition) is 3. The van der Waals surface area contributed by atoms with Gasteiger partial charge in [0.15, 0.2) is 0 Å². The van der Waals surface area contributed by atoms with Crippen molar-refractivity contribution in [2.75, 3.05) is 13.7 Å². The zero-order valence-corrected chi connectivity index (χ0v) is 13.7. The van der Waals surface area contributed by atoms with Crippen LogP contribution in [0.1, 0.15) is 24.1 Å². The van der Waals surface area contributed by atoms with Crippen LogP contribution in [0.25, 0.3) is 0 Å². The number of pyridine rings is 1. The van der Waals surface area contributed by atoms with Gasteiger partial charge in [-0.3, -0.25) is 0 Å². The maximum Gasteiger partial charge on any atom is 0.217 e. The average molecular weight is 353 g/mol. The number of aromatic nitrogens is 1. The van der Waals surface area contributed by atoms with Crippen LogP contribution < -0.4 is 10.1 Å². The Hall–Kier alpha value is -1.46. The summed E-state index contributed by atoms with van der Waals surface area (Å²) in [6.45, 7) is 2.80. The summed E-state index contributed by atoms with van der Waals surface area (Å²) in [5, 5.41) is 3.37. The molecule has 1 aromatic heterocycles. The largest absolute Gasteiger partial charge is 0.481 e. The SMILES string of the molecule is CCNC(Cc1cc(Br)ccc1F)c1cccnc1OC. The van der Waals surface area contributed by atoms with Crippen molar-refractivity contribution in [1.82, 2.24) is 10.3 Å². The van der Waals surface area contributed by atoms with Gasteiger partial charge in [0.2, 0.25) is 5.88 Å². The molecule has 0 radical (unpaired) electrons. The van der Waals surface area contributed by atoms with Crippen LogP contribution in [0.4, 0.5) is 4.39 Å². The third-order valence-electron chi connectivity index (χ3n) is 3.25. The number of benzene rings is 1. The van der Waals surface area contributed by atoms with Crippen molar-refractivity contribution in [1.29, 1.82) is 0 Å². The van der Waals surface area contributed by atoms with Crippen molar-refractivity contribution in [2.24, 2.45) is 0 Å². The fourth-order valence-electron chi connectivity index (χ4n) is 2.30. The molecule has 0 amide bonds. The van der Waals surface area contributed by atoms with Crippen LogP contribution in [0.15, 0.2) is 41.0 Å². The molecule has 21 heavy (non-hydrogen) atoms. The summed E-state index contributed by atoms with van der Waals surface area (Å²) >= 11 is 3.39. The molecule has 2 aromatic rings. The van der Waals surface area contributed by atoms with Crippen molar-refractivity contribution < 1.29 is 9.13 Å². The molecule has 2 rings (SSSR count). The Kier molecular flexibility index (Phi) is 5.70. The molecule has 0 aliphatic rings. The van der Waals surface area contributed by atoms with Crippen LogP contribution >= 0.6 is 15.9 Å². The minimum Gasteiger partial charge on any atom is -0.481 e. The van der Waals surface area contributed by atoms with Crippen molar-refractivity contribution in [2.45, 2.75) is 19.4 Å². The summed E-state index contributed by atoms with van der Waals surface area (Å²) in [6, 6.07) is 8.74. The monoisotopic (exact) mass is 352 g/mol. The van der Waals surface area contributed by atoms with Crippen LogP contribution in [0.3, 0.4) is 0 Å². The van der Waals surface area contributed by atoms with E-state index in [2.05, 4.69) is 26.2 Å². The Morgan fingerprint density at radius 3 is 2.90 bits per heavy atom. The molecule has 0 saturated carbocycles. The second-order valence-electron chi connectivity index (χ2n) is 4.65. The Morgan fingerprint density at radius 1 is 1.38 bits per heavy atom. The summed E-state index contributed by atoms with van der Waals surface area (Å²) in [7, 11) is 1.59. The molecule has 0 spiro atoms. The maximum atomic E-state index is 14.0. The van der Waals surface area contributed by atoms with E-state index in [0.29, 0.717) is 17.9 Å². The molecular weight excluding hydrogens is 335 g/mol. The Balaban J connectivity index is 2.33. The third-order valence-corrected chi connectivity index (χ3v) is 3.74. The quantitative estimate of drug-likeness (QED) is 0.856. The zero-order valence-electron chi connectivity index (χ0n) is 12.1. The van der Waals surface area contributed by atoms with E-state index in [1.807, 2.05) is 25.1 Å². The topological polar surface area (TPSA) is 34.2 Å². The summed E-state index contributed by atoms with van der Waals surface area (Å²) in [4.78, 5) is 4.22. The van der Waals surface area contributed by atoms with E-state index in [1.165, 1.54) is 6.07 Å². The first-order valence-corrected chi connectivity index (χ1v) is 7.61. The number of likely N-dealkylation sites (N-methyl/N-ethyl adjacent to an activating group) is 1. The van der Waals surface area contributed by atoms with Gasteiger partial charge in [0.05, 0.1) is 7.11 Å². The third kappa shape index (κ3) is 4.02. The van der Waals surface area contributed by atoms with Gasteiger partial charge in [0, 0.05) is 22.3 Å². The van der Waals surface area contributed by atoms with Crippen molar-refractivity contribution in [3.05, 3.63) is 57.9 Å². The number of rotatable bonds is 6. The van der Waals surface area contributed by atoms with Gasteiger partial charge in [-0.2, -0.15) is 0 Å². The summed E-state index contributed by atoms with van der Waals surface area (Å²) in [5.41, 5.74) is 1.59. The smallest absolute Gasteiger partial charge is 0.217 e. The molecule has 5 heteroatoms. The molecule has 1 N–H and O–H groups in total. The number of halogens is 2. The molecule has 0 aliphatic carbocycles. The lowest BCUT2D eigenvalue weighted by Gasteiger charge is -2.20. The minimum absolute atomic E-state index is 0.0533. The molecule has 0 saturated heterocycles. The van der Waals surface area contributed by atoms with Gasteiger partial charge in [-0.15, -0.1) is 0 Å². The number of methoxy groups -OCH3 is 1. The van der Waals surface area contributed by atoms with Crippen molar-refractivity contribution in [3.63, 3.8) is 0 Å². The van der Waals surface area contributed by atoms with E-state index in [4.69, 9.17) is 4.74 Å². The van der Waals surface area contributed by atoms with E-state index in [0.717, 1.165) is 16.6 Å². The molecule has 1 heterocycles. The van der Waals surface area contributed by atoms with Gasteiger partial charge in [0.25, 0.3) is 0 Å². The first kappa shape index (κ1) is 15.9. The second-order valence-corrected chi connectivity index (χ2v) is 5.57. The highest BCUT2D eigenvalue weighted by Gasteiger charge is 2.18. The molecular formula is C16H18BrFN2O. The van der Waals surface area contributed by atoms with E-state index >= 15 is 0 Å². The van der Waals surface area contributed by atoms with Crippen LogP contribution in [0.2, 0.25) is 0 Å². The first-order valence-electron chi connectivity index (χ1n) is 6.82. The van der Waals surface area contributed by atoms with E-state index in [9.17, 15) is 4.39 Å². The Bertz CT molecular complexity index is 607. The van der Waals surface area contributed by atoms with Gasteiger partial charge < -0.3 is 10.1 Å². The highest BCUT2D eigenvalue weighted by molar-refractivity contribution is 9.10. The molecule has 112 valence electrons. The van der Waals surface area contributed by atoms with Crippen molar-refractivity contribution in [3.8, 4) is 5.88 Å². The molecule has 0 fully saturated rings. The molecule has 1 unspecified atom stereocenters. The first-order chi connectivity index (χ1) is 10.2. The van der Waals surface area contributed by atoms with Crippen LogP contribution in [-0.4, -0.2) is 18.6 Å². The predicted octanol–water partition coefficient (Wildman–Crippen LogP) is 3.89. The molecule has 3 nitrogen and oxygen atoms in total. The zero-order chi connectivity index (χ0) is 15.2. The normalized spacial score (nSPS) is 12.2. The van der Waals surface area contributed by atoms with Crippen molar-refractivity contribution >= 4 is 15.9 Å².